The predicted molar refractivity (Wildman–Crippen MR) is 63.5 cm³/mol. The molecule has 0 unspecified atom stereocenters. The molecule has 0 aliphatic rings. The van der Waals surface area contributed by atoms with Crippen LogP contribution in [0.15, 0.2) is 36.4 Å². The lowest BCUT2D eigenvalue weighted by Crippen LogP contribution is -2.29. The average molecular weight is 285 g/mol. The minimum absolute atomic E-state index is 0.00558. The number of nitrogens with zero attached hydrogens (tertiary/aromatic N) is 1. The number of nitrogens with one attached hydrogen (secondary N) is 2. The maximum Gasteiger partial charge on any atom is 0.414 e. The summed E-state index contributed by atoms with van der Waals surface area (Å²) in [6.07, 6.45) is -4.50. The number of halogens is 3. The molecular weight excluding hydrogens is 275 g/mol. The van der Waals surface area contributed by atoms with E-state index in [1.807, 2.05) is 6.07 Å². The Bertz CT molecular complexity index is 581. The Morgan fingerprint density at radius 1 is 1.30 bits per heavy atom. The molecule has 2 aromatic rings. The highest BCUT2D eigenvalue weighted by Gasteiger charge is 2.28. The zero-order valence-corrected chi connectivity index (χ0v) is 10.1. The average Bonchev–Trinajstić information content (AvgIpc) is 2.88. The fourth-order valence-electron chi connectivity index (χ4n) is 1.43. The Morgan fingerprint density at radius 3 is 2.65 bits per heavy atom. The normalized spacial score (nSPS) is 11.3. The molecule has 2 N–H and O–H groups in total. The lowest BCUT2D eigenvalue weighted by atomic mass is 10.1. The van der Waals surface area contributed by atoms with E-state index in [4.69, 9.17) is 0 Å². The first-order valence-corrected chi connectivity index (χ1v) is 5.55. The Labute approximate surface area is 111 Å². The van der Waals surface area contributed by atoms with Gasteiger partial charge in [0.05, 0.1) is 5.69 Å². The van der Waals surface area contributed by atoms with Crippen LogP contribution >= 0.6 is 0 Å². The Kier molecular flexibility index (Phi) is 4.04. The standard InChI is InChI=1S/C12H10F3N3O2/c13-12(14,15)7-20-18-11(19)10-6-9(16-17-10)8-4-2-1-3-5-8/h1-6H,7H2,(H,16,17)(H,18,19). The van der Waals surface area contributed by atoms with Crippen molar-refractivity contribution < 1.29 is 22.8 Å². The van der Waals surface area contributed by atoms with E-state index >= 15 is 0 Å². The quantitative estimate of drug-likeness (QED) is 0.847. The van der Waals surface area contributed by atoms with Crippen molar-refractivity contribution in [3.8, 4) is 11.3 Å². The molecule has 2 rings (SSSR count). The largest absolute Gasteiger partial charge is 0.414 e. The van der Waals surface area contributed by atoms with Gasteiger partial charge in [0.25, 0.3) is 5.91 Å². The van der Waals surface area contributed by atoms with E-state index in [2.05, 4.69) is 15.0 Å². The summed E-state index contributed by atoms with van der Waals surface area (Å²) in [6.45, 7) is -1.56. The molecule has 1 aromatic heterocycles. The highest BCUT2D eigenvalue weighted by atomic mass is 19.4. The van der Waals surface area contributed by atoms with Gasteiger partial charge in [0, 0.05) is 5.56 Å². The summed E-state index contributed by atoms with van der Waals surface area (Å²) in [7, 11) is 0. The Hall–Kier alpha value is -2.35. The Balaban J connectivity index is 1.97. The summed E-state index contributed by atoms with van der Waals surface area (Å²) in [6, 6.07) is 10.4. The van der Waals surface area contributed by atoms with Crippen LogP contribution in [-0.2, 0) is 4.84 Å². The molecule has 106 valence electrons. The van der Waals surface area contributed by atoms with Gasteiger partial charge in [0.15, 0.2) is 6.61 Å². The zero-order chi connectivity index (χ0) is 14.6. The summed E-state index contributed by atoms with van der Waals surface area (Å²) in [4.78, 5) is 15.6. The molecule has 5 nitrogen and oxygen atoms in total. The first kappa shape index (κ1) is 14.1. The second-order valence-electron chi connectivity index (χ2n) is 3.87. The van der Waals surface area contributed by atoms with Gasteiger partial charge in [0.1, 0.15) is 5.69 Å². The molecule has 0 radical (unpaired) electrons. The summed E-state index contributed by atoms with van der Waals surface area (Å²) in [5.74, 6) is -0.830. The van der Waals surface area contributed by atoms with Gasteiger partial charge in [-0.3, -0.25) is 14.7 Å². The number of carbonyl (C=O) groups is 1. The van der Waals surface area contributed by atoms with Crippen LogP contribution < -0.4 is 5.48 Å². The van der Waals surface area contributed by atoms with Gasteiger partial charge in [-0.2, -0.15) is 18.3 Å². The van der Waals surface area contributed by atoms with Crippen LogP contribution in [0.3, 0.4) is 0 Å². The first-order valence-electron chi connectivity index (χ1n) is 5.55. The number of benzene rings is 1. The van der Waals surface area contributed by atoms with Crippen molar-refractivity contribution in [3.05, 3.63) is 42.1 Å². The Morgan fingerprint density at radius 2 is 2.00 bits per heavy atom. The minimum atomic E-state index is -4.50. The van der Waals surface area contributed by atoms with E-state index in [0.29, 0.717) is 5.69 Å². The maximum atomic E-state index is 11.8. The third kappa shape index (κ3) is 3.82. The van der Waals surface area contributed by atoms with Crippen LogP contribution in [0.25, 0.3) is 11.3 Å². The SMILES string of the molecule is O=C(NOCC(F)(F)F)c1cc(-c2ccccc2)n[nH]1. The molecule has 0 aliphatic heterocycles. The van der Waals surface area contributed by atoms with Crippen LogP contribution in [0.5, 0.6) is 0 Å². The van der Waals surface area contributed by atoms with E-state index in [9.17, 15) is 18.0 Å². The zero-order valence-electron chi connectivity index (χ0n) is 10.1. The number of hydrogen-bond acceptors (Lipinski definition) is 3. The van der Waals surface area contributed by atoms with Crippen molar-refractivity contribution in [1.29, 1.82) is 0 Å². The third-order valence-electron chi connectivity index (χ3n) is 2.29. The first-order chi connectivity index (χ1) is 9.46. The minimum Gasteiger partial charge on any atom is -0.272 e. The van der Waals surface area contributed by atoms with Crippen molar-refractivity contribution >= 4 is 5.91 Å². The van der Waals surface area contributed by atoms with Gasteiger partial charge < -0.3 is 0 Å². The van der Waals surface area contributed by atoms with Crippen molar-refractivity contribution in [3.63, 3.8) is 0 Å². The lowest BCUT2D eigenvalue weighted by molar-refractivity contribution is -0.184. The summed E-state index contributed by atoms with van der Waals surface area (Å²) < 4.78 is 35.5. The molecule has 0 saturated heterocycles. The van der Waals surface area contributed by atoms with Crippen molar-refractivity contribution in [1.82, 2.24) is 15.7 Å². The van der Waals surface area contributed by atoms with E-state index < -0.39 is 18.7 Å². The third-order valence-corrected chi connectivity index (χ3v) is 2.29. The van der Waals surface area contributed by atoms with Gasteiger partial charge in [0.2, 0.25) is 0 Å². The molecule has 1 heterocycles. The number of rotatable bonds is 4. The topological polar surface area (TPSA) is 67.0 Å². The molecule has 0 atom stereocenters. The molecule has 0 bridgehead atoms. The van der Waals surface area contributed by atoms with E-state index in [-0.39, 0.29) is 5.69 Å². The van der Waals surface area contributed by atoms with Crippen LogP contribution in [0.1, 0.15) is 10.5 Å². The molecule has 20 heavy (non-hydrogen) atoms. The van der Waals surface area contributed by atoms with Crippen LogP contribution in [-0.4, -0.2) is 28.9 Å². The van der Waals surface area contributed by atoms with Crippen molar-refractivity contribution in [2.24, 2.45) is 0 Å². The predicted octanol–water partition coefficient (Wildman–Crippen LogP) is 2.30. The number of H-pyrrole nitrogens is 1. The fraction of sp³-hybridized carbons (Fsp3) is 0.167. The van der Waals surface area contributed by atoms with Gasteiger partial charge in [-0.05, 0) is 6.07 Å². The monoisotopic (exact) mass is 285 g/mol. The van der Waals surface area contributed by atoms with Gasteiger partial charge in [-0.1, -0.05) is 30.3 Å². The molecule has 8 heteroatoms. The molecule has 1 amide bonds. The molecule has 0 aliphatic carbocycles. The highest BCUT2D eigenvalue weighted by molar-refractivity contribution is 5.92. The summed E-state index contributed by atoms with van der Waals surface area (Å²) >= 11 is 0. The van der Waals surface area contributed by atoms with E-state index in [1.165, 1.54) is 6.07 Å². The number of carbonyl (C=O) groups excluding carboxylic acids is 1. The summed E-state index contributed by atoms with van der Waals surface area (Å²) in [5, 5.41) is 6.33. The number of hydroxylamine groups is 1. The summed E-state index contributed by atoms with van der Waals surface area (Å²) in [5.41, 5.74) is 2.98. The number of amides is 1. The molecule has 0 spiro atoms. The number of hydrogen-bond donors (Lipinski definition) is 2. The second kappa shape index (κ2) is 5.74. The maximum absolute atomic E-state index is 11.8. The number of aromatic nitrogens is 2. The molecule has 0 saturated carbocycles. The van der Waals surface area contributed by atoms with Crippen molar-refractivity contribution in [2.45, 2.75) is 6.18 Å². The highest BCUT2D eigenvalue weighted by Crippen LogP contribution is 2.17. The fourth-order valence-corrected chi connectivity index (χ4v) is 1.43. The van der Waals surface area contributed by atoms with Gasteiger partial charge in [-0.25, -0.2) is 5.48 Å². The molecular formula is C12H10F3N3O2. The van der Waals surface area contributed by atoms with Gasteiger partial charge >= 0.3 is 6.18 Å². The molecule has 0 fully saturated rings. The van der Waals surface area contributed by atoms with Crippen LogP contribution in [0, 0.1) is 0 Å². The van der Waals surface area contributed by atoms with Crippen molar-refractivity contribution in [2.75, 3.05) is 6.61 Å². The van der Waals surface area contributed by atoms with Gasteiger partial charge in [-0.15, -0.1) is 0 Å². The smallest absolute Gasteiger partial charge is 0.272 e. The lowest BCUT2D eigenvalue weighted by Gasteiger charge is -2.06. The van der Waals surface area contributed by atoms with E-state index in [1.54, 1.807) is 29.7 Å². The van der Waals surface area contributed by atoms with Crippen LogP contribution in [0.2, 0.25) is 0 Å². The van der Waals surface area contributed by atoms with Crippen LogP contribution in [0.4, 0.5) is 13.2 Å². The molecule has 1 aromatic carbocycles. The number of alkyl halides is 3. The second-order valence-corrected chi connectivity index (χ2v) is 3.87. The van der Waals surface area contributed by atoms with E-state index in [0.717, 1.165) is 5.56 Å². The number of aromatic amines is 1.